The van der Waals surface area contributed by atoms with Crippen LogP contribution in [0.3, 0.4) is 0 Å². The van der Waals surface area contributed by atoms with Gasteiger partial charge in [0.1, 0.15) is 10.1 Å². The van der Waals surface area contributed by atoms with Crippen molar-refractivity contribution in [3.05, 3.63) is 93.9 Å². The van der Waals surface area contributed by atoms with Gasteiger partial charge in [-0.1, -0.05) is 86.4 Å². The highest BCUT2D eigenvalue weighted by Crippen LogP contribution is 2.35. The van der Waals surface area contributed by atoms with Crippen LogP contribution >= 0.6 is 24.0 Å². The van der Waals surface area contributed by atoms with E-state index >= 15 is 0 Å². The van der Waals surface area contributed by atoms with E-state index < -0.39 is 0 Å². The molecule has 0 aliphatic carbocycles. The zero-order chi connectivity index (χ0) is 27.1. The van der Waals surface area contributed by atoms with Crippen LogP contribution in [0.15, 0.2) is 71.6 Å². The molecular formula is C31H33NO4S2. The second-order valence-electron chi connectivity index (χ2n) is 9.41. The second kappa shape index (κ2) is 13.0. The molecule has 1 amide bonds. The van der Waals surface area contributed by atoms with Gasteiger partial charge in [-0.15, -0.1) is 0 Å². The summed E-state index contributed by atoms with van der Waals surface area (Å²) >= 11 is 6.80. The lowest BCUT2D eigenvalue weighted by Crippen LogP contribution is -2.27. The molecule has 0 radical (unpaired) electrons. The molecule has 0 spiro atoms. The molecule has 3 aromatic rings. The lowest BCUT2D eigenvalue weighted by molar-refractivity contribution is -0.122. The maximum Gasteiger partial charge on any atom is 0.266 e. The molecule has 0 saturated carbocycles. The van der Waals surface area contributed by atoms with Crippen LogP contribution in [0.25, 0.3) is 6.08 Å². The molecule has 4 rings (SSSR count). The van der Waals surface area contributed by atoms with E-state index in [1.54, 1.807) is 12.0 Å². The highest BCUT2D eigenvalue weighted by atomic mass is 32.2. The van der Waals surface area contributed by atoms with Crippen molar-refractivity contribution in [2.75, 3.05) is 20.3 Å². The molecule has 0 bridgehead atoms. The number of ether oxygens (including phenoxy) is 3. The predicted octanol–water partition coefficient (Wildman–Crippen LogP) is 7.38. The van der Waals surface area contributed by atoms with Crippen LogP contribution in [0, 0.1) is 6.92 Å². The normalized spacial score (nSPS) is 14.4. The number of carbonyl (C=O) groups excluding carboxylic acids is 1. The summed E-state index contributed by atoms with van der Waals surface area (Å²) < 4.78 is 18.2. The molecule has 38 heavy (non-hydrogen) atoms. The van der Waals surface area contributed by atoms with Gasteiger partial charge in [0, 0.05) is 6.42 Å². The highest BCUT2D eigenvalue weighted by molar-refractivity contribution is 8.26. The van der Waals surface area contributed by atoms with Gasteiger partial charge in [-0.05, 0) is 59.4 Å². The van der Waals surface area contributed by atoms with E-state index in [0.717, 1.165) is 23.3 Å². The first kappa shape index (κ1) is 27.7. The number of amides is 1. The Labute approximate surface area is 234 Å². The first-order chi connectivity index (χ1) is 18.4. The van der Waals surface area contributed by atoms with Gasteiger partial charge < -0.3 is 14.2 Å². The van der Waals surface area contributed by atoms with Gasteiger partial charge in [-0.2, -0.15) is 0 Å². The molecular weight excluding hydrogens is 514 g/mol. The van der Waals surface area contributed by atoms with Gasteiger partial charge in [-0.3, -0.25) is 9.69 Å². The summed E-state index contributed by atoms with van der Waals surface area (Å²) in [5.41, 5.74) is 4.28. The average Bonchev–Trinajstić information content (AvgIpc) is 3.16. The number of benzene rings is 3. The van der Waals surface area contributed by atoms with Crippen molar-refractivity contribution in [2.24, 2.45) is 0 Å². The molecule has 1 fully saturated rings. The molecule has 0 N–H and O–H groups in total. The topological polar surface area (TPSA) is 48.0 Å². The molecule has 0 aromatic heterocycles. The van der Waals surface area contributed by atoms with E-state index in [1.807, 2.05) is 54.6 Å². The monoisotopic (exact) mass is 547 g/mol. The maximum atomic E-state index is 13.0. The van der Waals surface area contributed by atoms with Crippen molar-refractivity contribution in [3.63, 3.8) is 0 Å². The molecule has 3 aromatic carbocycles. The number of rotatable bonds is 11. The fourth-order valence-corrected chi connectivity index (χ4v) is 5.37. The first-order valence-electron chi connectivity index (χ1n) is 12.7. The fourth-order valence-electron chi connectivity index (χ4n) is 4.11. The Morgan fingerprint density at radius 2 is 1.68 bits per heavy atom. The van der Waals surface area contributed by atoms with Crippen LogP contribution in [0.1, 0.15) is 48.4 Å². The molecule has 0 atom stereocenters. The zero-order valence-corrected chi connectivity index (χ0v) is 23.9. The van der Waals surface area contributed by atoms with E-state index in [1.165, 1.54) is 22.9 Å². The number of thioether (sulfide) groups is 1. The molecule has 1 heterocycles. The third-order valence-electron chi connectivity index (χ3n) is 6.14. The summed E-state index contributed by atoms with van der Waals surface area (Å²) in [6.07, 6.45) is 2.58. The molecule has 1 aliphatic heterocycles. The Morgan fingerprint density at radius 3 is 2.39 bits per heavy atom. The van der Waals surface area contributed by atoms with Crippen molar-refractivity contribution in [1.82, 2.24) is 4.90 Å². The smallest absolute Gasteiger partial charge is 0.266 e. The number of aryl methyl sites for hydroxylation is 1. The van der Waals surface area contributed by atoms with Crippen molar-refractivity contribution >= 4 is 40.3 Å². The summed E-state index contributed by atoms with van der Waals surface area (Å²) in [7, 11) is 1.61. The van der Waals surface area contributed by atoms with E-state index in [-0.39, 0.29) is 5.91 Å². The molecule has 5 nitrogen and oxygen atoms in total. The van der Waals surface area contributed by atoms with E-state index in [9.17, 15) is 4.79 Å². The van der Waals surface area contributed by atoms with E-state index in [2.05, 4.69) is 39.0 Å². The van der Waals surface area contributed by atoms with Crippen molar-refractivity contribution in [1.29, 1.82) is 0 Å². The summed E-state index contributed by atoms with van der Waals surface area (Å²) in [6.45, 7) is 7.93. The van der Waals surface area contributed by atoms with Gasteiger partial charge in [0.05, 0.1) is 31.8 Å². The first-order valence-corrected chi connectivity index (χ1v) is 13.9. The Balaban J connectivity index is 1.34. The third-order valence-corrected chi connectivity index (χ3v) is 7.52. The minimum Gasteiger partial charge on any atom is -0.493 e. The summed E-state index contributed by atoms with van der Waals surface area (Å²) in [6, 6.07) is 21.9. The Bertz CT molecular complexity index is 1320. The van der Waals surface area contributed by atoms with Crippen LogP contribution in [0.2, 0.25) is 0 Å². The van der Waals surface area contributed by atoms with Crippen LogP contribution in [0.4, 0.5) is 0 Å². The third kappa shape index (κ3) is 6.97. The second-order valence-corrected chi connectivity index (χ2v) is 11.1. The van der Waals surface area contributed by atoms with Gasteiger partial charge in [0.2, 0.25) is 0 Å². The highest BCUT2D eigenvalue weighted by Gasteiger charge is 2.32. The Hall–Kier alpha value is -3.29. The van der Waals surface area contributed by atoms with Gasteiger partial charge in [-0.25, -0.2) is 0 Å². The van der Waals surface area contributed by atoms with Crippen molar-refractivity contribution in [3.8, 4) is 17.2 Å². The number of carbonyl (C=O) groups is 1. The largest absolute Gasteiger partial charge is 0.493 e. The molecule has 1 aliphatic rings. The number of hydrogen-bond acceptors (Lipinski definition) is 6. The van der Waals surface area contributed by atoms with Crippen LogP contribution in [-0.2, 0) is 11.3 Å². The molecule has 7 heteroatoms. The molecule has 0 unspecified atom stereocenters. The van der Waals surface area contributed by atoms with Gasteiger partial charge in [0.15, 0.2) is 11.5 Å². The molecule has 1 saturated heterocycles. The van der Waals surface area contributed by atoms with E-state index in [0.29, 0.717) is 46.4 Å². The van der Waals surface area contributed by atoms with Crippen molar-refractivity contribution < 1.29 is 19.0 Å². The number of thiocarbonyl (C=S) groups is 1. The summed E-state index contributed by atoms with van der Waals surface area (Å²) in [5.74, 6) is 2.52. The number of hydrogen-bond donors (Lipinski definition) is 0. The Kier molecular flexibility index (Phi) is 9.48. The zero-order valence-electron chi connectivity index (χ0n) is 22.2. The van der Waals surface area contributed by atoms with E-state index in [4.69, 9.17) is 26.4 Å². The van der Waals surface area contributed by atoms with Crippen LogP contribution in [-0.4, -0.2) is 35.5 Å². The van der Waals surface area contributed by atoms with Crippen molar-refractivity contribution in [2.45, 2.75) is 39.7 Å². The van der Waals surface area contributed by atoms with Gasteiger partial charge >= 0.3 is 0 Å². The van der Waals surface area contributed by atoms with Crippen LogP contribution in [0.5, 0.6) is 17.2 Å². The lowest BCUT2D eigenvalue weighted by atomic mass is 10.0. The number of methoxy groups -OCH3 is 1. The fraction of sp³-hybridized carbons (Fsp3) is 0.290. The number of nitrogens with zero attached hydrogens (tertiary/aromatic N) is 1. The Morgan fingerprint density at radius 1 is 0.947 bits per heavy atom. The lowest BCUT2D eigenvalue weighted by Gasteiger charge is -2.15. The summed E-state index contributed by atoms with van der Waals surface area (Å²) in [4.78, 5) is 15.2. The minimum absolute atomic E-state index is 0.0858. The summed E-state index contributed by atoms with van der Waals surface area (Å²) in [5, 5.41) is 0. The quantitative estimate of drug-likeness (QED) is 0.142. The standard InChI is InChI=1S/C31H33NO4S2/c1-21(2)25-13-11-22(3)17-27(25)36-16-8-15-35-26-14-12-24(18-28(26)34-4)19-29-30(33)32(31(37)38-29)20-23-9-6-5-7-10-23/h5-7,9-14,17-19,21H,8,15-16,20H2,1-4H3. The van der Waals surface area contributed by atoms with Gasteiger partial charge in [0.25, 0.3) is 5.91 Å². The average molecular weight is 548 g/mol. The predicted molar refractivity (Wildman–Crippen MR) is 159 cm³/mol. The van der Waals surface area contributed by atoms with Crippen LogP contribution < -0.4 is 14.2 Å². The molecule has 198 valence electrons. The minimum atomic E-state index is -0.0858. The maximum absolute atomic E-state index is 13.0. The SMILES string of the molecule is COc1cc(C=C2SC(=S)N(Cc3ccccc3)C2=O)ccc1OCCCOc1cc(C)ccc1C(C)C.